The van der Waals surface area contributed by atoms with Gasteiger partial charge in [-0.05, 0) is 31.4 Å². The van der Waals surface area contributed by atoms with Crippen LogP contribution in [0.3, 0.4) is 0 Å². The van der Waals surface area contributed by atoms with E-state index < -0.39 is 0 Å². The molecular formula is C13H18N2O4. The first-order valence-corrected chi connectivity index (χ1v) is 6.31. The third-order valence-corrected chi connectivity index (χ3v) is 2.82. The lowest BCUT2D eigenvalue weighted by Gasteiger charge is -2.06. The smallest absolute Gasteiger partial charge is 0.233 e. The van der Waals surface area contributed by atoms with Crippen molar-refractivity contribution in [3.05, 3.63) is 18.2 Å². The second kappa shape index (κ2) is 6.84. The number of amides is 1. The van der Waals surface area contributed by atoms with Gasteiger partial charge in [0.1, 0.15) is 5.75 Å². The number of nitrogens with one attached hydrogen (secondary N) is 1. The van der Waals surface area contributed by atoms with Crippen molar-refractivity contribution in [2.24, 2.45) is 5.84 Å². The molecule has 6 nitrogen and oxygen atoms in total. The van der Waals surface area contributed by atoms with E-state index in [2.05, 4.69) is 5.43 Å². The van der Waals surface area contributed by atoms with Gasteiger partial charge < -0.3 is 14.2 Å². The van der Waals surface area contributed by atoms with Gasteiger partial charge in [0.05, 0.1) is 6.61 Å². The van der Waals surface area contributed by atoms with Crippen molar-refractivity contribution < 1.29 is 19.0 Å². The molecule has 0 unspecified atom stereocenters. The van der Waals surface area contributed by atoms with Crippen LogP contribution in [0.15, 0.2) is 18.2 Å². The van der Waals surface area contributed by atoms with E-state index in [0.717, 1.165) is 36.5 Å². The van der Waals surface area contributed by atoms with Crippen LogP contribution in [0, 0.1) is 0 Å². The molecule has 0 fully saturated rings. The fourth-order valence-corrected chi connectivity index (χ4v) is 1.79. The molecule has 0 aromatic heterocycles. The summed E-state index contributed by atoms with van der Waals surface area (Å²) < 4.78 is 16.1. The fraction of sp³-hybridized carbons (Fsp3) is 0.462. The van der Waals surface area contributed by atoms with E-state index in [0.29, 0.717) is 13.0 Å². The van der Waals surface area contributed by atoms with Crippen LogP contribution in [0.5, 0.6) is 17.2 Å². The van der Waals surface area contributed by atoms with Crippen LogP contribution in [0.1, 0.15) is 25.7 Å². The molecule has 6 heteroatoms. The Labute approximate surface area is 111 Å². The number of carbonyl (C=O) groups excluding carboxylic acids is 1. The lowest BCUT2D eigenvalue weighted by Crippen LogP contribution is -2.29. The Morgan fingerprint density at radius 2 is 2.11 bits per heavy atom. The quantitative estimate of drug-likeness (QED) is 0.337. The van der Waals surface area contributed by atoms with E-state index in [1.807, 2.05) is 18.2 Å². The zero-order chi connectivity index (χ0) is 13.5. The van der Waals surface area contributed by atoms with E-state index in [9.17, 15) is 4.79 Å². The van der Waals surface area contributed by atoms with Gasteiger partial charge in [-0.3, -0.25) is 10.2 Å². The number of carbonyl (C=O) groups is 1. The third kappa shape index (κ3) is 4.03. The number of benzene rings is 1. The van der Waals surface area contributed by atoms with Crippen molar-refractivity contribution in [1.82, 2.24) is 5.43 Å². The molecular weight excluding hydrogens is 248 g/mol. The van der Waals surface area contributed by atoms with Crippen LogP contribution < -0.4 is 25.5 Å². The van der Waals surface area contributed by atoms with Gasteiger partial charge in [0, 0.05) is 12.5 Å². The van der Waals surface area contributed by atoms with E-state index in [-0.39, 0.29) is 12.7 Å². The summed E-state index contributed by atoms with van der Waals surface area (Å²) in [5.41, 5.74) is 2.11. The van der Waals surface area contributed by atoms with Crippen LogP contribution in [-0.2, 0) is 4.79 Å². The first-order valence-electron chi connectivity index (χ1n) is 6.31. The third-order valence-electron chi connectivity index (χ3n) is 2.82. The first-order chi connectivity index (χ1) is 9.29. The number of ether oxygens (including phenoxy) is 3. The minimum Gasteiger partial charge on any atom is -0.493 e. The summed E-state index contributed by atoms with van der Waals surface area (Å²) in [6, 6.07) is 5.52. The van der Waals surface area contributed by atoms with E-state index >= 15 is 0 Å². The molecule has 1 aromatic rings. The van der Waals surface area contributed by atoms with E-state index in [4.69, 9.17) is 20.1 Å². The molecule has 19 heavy (non-hydrogen) atoms. The Bertz CT molecular complexity index is 437. The van der Waals surface area contributed by atoms with Crippen molar-refractivity contribution in [3.63, 3.8) is 0 Å². The van der Waals surface area contributed by atoms with Gasteiger partial charge in [0.25, 0.3) is 0 Å². The molecule has 0 bridgehead atoms. The van der Waals surface area contributed by atoms with Crippen molar-refractivity contribution in [2.75, 3.05) is 13.4 Å². The van der Waals surface area contributed by atoms with Crippen LogP contribution in [0.4, 0.5) is 0 Å². The molecule has 1 aromatic carbocycles. The lowest BCUT2D eigenvalue weighted by atomic mass is 10.2. The summed E-state index contributed by atoms with van der Waals surface area (Å²) in [4.78, 5) is 10.9. The molecule has 2 rings (SSSR count). The Hall–Kier alpha value is -1.95. The number of nitrogens with two attached hydrogens (primary N) is 1. The molecule has 0 aliphatic carbocycles. The van der Waals surface area contributed by atoms with Crippen LogP contribution in [0.2, 0.25) is 0 Å². The minimum atomic E-state index is -0.128. The standard InChI is InChI=1S/C13H18N2O4/c14-15-13(16)4-2-1-3-7-17-10-5-6-11-12(8-10)19-9-18-11/h5-6,8H,1-4,7,9,14H2,(H,15,16). The van der Waals surface area contributed by atoms with E-state index in [1.165, 1.54) is 0 Å². The number of hydrogen-bond donors (Lipinski definition) is 2. The first kappa shape index (κ1) is 13.5. The van der Waals surface area contributed by atoms with Gasteiger partial charge in [0.2, 0.25) is 12.7 Å². The van der Waals surface area contributed by atoms with Gasteiger partial charge >= 0.3 is 0 Å². The maximum absolute atomic E-state index is 10.9. The second-order valence-corrected chi connectivity index (χ2v) is 4.24. The highest BCUT2D eigenvalue weighted by Gasteiger charge is 2.13. The highest BCUT2D eigenvalue weighted by molar-refractivity contribution is 5.75. The Kier molecular flexibility index (Phi) is 4.85. The summed E-state index contributed by atoms with van der Waals surface area (Å²) in [5, 5.41) is 0. The molecule has 0 saturated heterocycles. The van der Waals surface area contributed by atoms with Crippen LogP contribution in [0.25, 0.3) is 0 Å². The summed E-state index contributed by atoms with van der Waals surface area (Å²) in [7, 11) is 0. The topological polar surface area (TPSA) is 82.8 Å². The minimum absolute atomic E-state index is 0.128. The van der Waals surface area contributed by atoms with Crippen molar-refractivity contribution in [2.45, 2.75) is 25.7 Å². The molecule has 0 radical (unpaired) electrons. The van der Waals surface area contributed by atoms with Crippen molar-refractivity contribution in [1.29, 1.82) is 0 Å². The average Bonchev–Trinajstić information content (AvgIpc) is 2.89. The van der Waals surface area contributed by atoms with Gasteiger partial charge in [-0.25, -0.2) is 5.84 Å². The number of fused-ring (bicyclic) bond motifs is 1. The highest BCUT2D eigenvalue weighted by atomic mass is 16.7. The van der Waals surface area contributed by atoms with Crippen LogP contribution >= 0.6 is 0 Å². The molecule has 3 N–H and O–H groups in total. The monoisotopic (exact) mass is 266 g/mol. The van der Waals surface area contributed by atoms with Crippen molar-refractivity contribution >= 4 is 5.91 Å². The zero-order valence-electron chi connectivity index (χ0n) is 10.7. The molecule has 0 saturated carbocycles. The van der Waals surface area contributed by atoms with Gasteiger partial charge in [-0.2, -0.15) is 0 Å². The summed E-state index contributed by atoms with van der Waals surface area (Å²) in [6.45, 7) is 0.881. The molecule has 0 spiro atoms. The van der Waals surface area contributed by atoms with Gasteiger partial charge in [-0.1, -0.05) is 0 Å². The molecule has 1 heterocycles. The SMILES string of the molecule is NNC(=O)CCCCCOc1ccc2c(c1)OCO2. The predicted molar refractivity (Wildman–Crippen MR) is 68.9 cm³/mol. The number of unbranched alkanes of at least 4 members (excludes halogenated alkanes) is 2. The molecule has 1 aliphatic rings. The fourth-order valence-electron chi connectivity index (χ4n) is 1.79. The Balaban J connectivity index is 1.62. The number of rotatable bonds is 7. The molecule has 1 aliphatic heterocycles. The second-order valence-electron chi connectivity index (χ2n) is 4.24. The van der Waals surface area contributed by atoms with Crippen LogP contribution in [-0.4, -0.2) is 19.3 Å². The average molecular weight is 266 g/mol. The Morgan fingerprint density at radius 1 is 1.26 bits per heavy atom. The summed E-state index contributed by atoms with van der Waals surface area (Å²) in [6.07, 6.45) is 3.10. The summed E-state index contributed by atoms with van der Waals surface area (Å²) >= 11 is 0. The molecule has 0 atom stereocenters. The number of hydrogen-bond acceptors (Lipinski definition) is 5. The zero-order valence-corrected chi connectivity index (χ0v) is 10.7. The predicted octanol–water partition coefficient (Wildman–Crippen LogP) is 1.34. The normalized spacial score (nSPS) is 12.3. The summed E-state index contributed by atoms with van der Waals surface area (Å²) in [5.74, 6) is 7.10. The van der Waals surface area contributed by atoms with Gasteiger partial charge in [0.15, 0.2) is 11.5 Å². The van der Waals surface area contributed by atoms with Crippen molar-refractivity contribution in [3.8, 4) is 17.2 Å². The van der Waals surface area contributed by atoms with Gasteiger partial charge in [-0.15, -0.1) is 0 Å². The Morgan fingerprint density at radius 3 is 2.95 bits per heavy atom. The number of hydrazine groups is 1. The maximum atomic E-state index is 10.9. The molecule has 1 amide bonds. The molecule has 104 valence electrons. The highest BCUT2D eigenvalue weighted by Crippen LogP contribution is 2.35. The largest absolute Gasteiger partial charge is 0.493 e. The maximum Gasteiger partial charge on any atom is 0.233 e. The van der Waals surface area contributed by atoms with E-state index in [1.54, 1.807) is 0 Å². The lowest BCUT2D eigenvalue weighted by molar-refractivity contribution is -0.121.